The second-order valence-corrected chi connectivity index (χ2v) is 7.77. The van der Waals surface area contributed by atoms with E-state index in [-0.39, 0.29) is 11.9 Å². The van der Waals surface area contributed by atoms with Gasteiger partial charge in [-0.2, -0.15) is 23.5 Å². The molecule has 0 radical (unpaired) electrons. The molecule has 0 aromatic heterocycles. The van der Waals surface area contributed by atoms with Gasteiger partial charge in [0.05, 0.1) is 0 Å². The zero-order valence-corrected chi connectivity index (χ0v) is 13.1. The van der Waals surface area contributed by atoms with Crippen LogP contribution in [0.5, 0.6) is 0 Å². The fourth-order valence-corrected chi connectivity index (χ4v) is 5.49. The van der Waals surface area contributed by atoms with Gasteiger partial charge in [-0.05, 0) is 18.6 Å². The molecule has 1 heterocycles. The lowest BCUT2D eigenvalue weighted by molar-refractivity contribution is 0.489. The average Bonchev–Trinajstić information content (AvgIpc) is 2.40. The molecule has 0 spiro atoms. The van der Waals surface area contributed by atoms with Crippen LogP contribution in [0.4, 0.5) is 4.39 Å². The summed E-state index contributed by atoms with van der Waals surface area (Å²) in [5, 5.41) is 1.35. The molecule has 1 saturated heterocycles. The Morgan fingerprint density at radius 1 is 1.47 bits per heavy atom. The lowest BCUT2D eigenvalue weighted by Gasteiger charge is -2.34. The van der Waals surface area contributed by atoms with Crippen molar-refractivity contribution in [1.29, 1.82) is 0 Å². The molecule has 0 amide bonds. The Balaban J connectivity index is 2.14. The topological polar surface area (TPSA) is 38.0 Å². The van der Waals surface area contributed by atoms with E-state index in [0.717, 1.165) is 5.75 Å². The number of hydrogen-bond donors (Lipinski definition) is 2. The molecule has 0 aliphatic carbocycles. The average molecular weight is 321 g/mol. The summed E-state index contributed by atoms with van der Waals surface area (Å²) >= 11 is 9.94. The third kappa shape index (κ3) is 3.79. The zero-order valence-electron chi connectivity index (χ0n) is 10.7. The Morgan fingerprint density at radius 2 is 2.21 bits per heavy atom. The van der Waals surface area contributed by atoms with E-state index < -0.39 is 0 Å². The highest BCUT2D eigenvalue weighted by Crippen LogP contribution is 2.34. The molecular weight excluding hydrogens is 303 g/mol. The summed E-state index contributed by atoms with van der Waals surface area (Å²) in [6.45, 7) is 2.20. The number of hydrogen-bond acceptors (Lipinski definition) is 4. The van der Waals surface area contributed by atoms with E-state index in [0.29, 0.717) is 27.5 Å². The SMILES string of the molecule is CC1SCCSC1C(Cc1c(F)cccc1Cl)NN. The van der Waals surface area contributed by atoms with Crippen LogP contribution in [-0.2, 0) is 6.42 Å². The van der Waals surface area contributed by atoms with Crippen LogP contribution in [0.3, 0.4) is 0 Å². The van der Waals surface area contributed by atoms with Gasteiger partial charge in [-0.3, -0.25) is 11.3 Å². The highest BCUT2D eigenvalue weighted by atomic mass is 35.5. The number of benzene rings is 1. The number of halogens is 2. The molecule has 1 aromatic rings. The summed E-state index contributed by atoms with van der Waals surface area (Å²) in [4.78, 5) is 0. The quantitative estimate of drug-likeness (QED) is 0.660. The molecule has 6 heteroatoms. The lowest BCUT2D eigenvalue weighted by Crippen LogP contribution is -2.48. The van der Waals surface area contributed by atoms with E-state index in [1.807, 2.05) is 23.5 Å². The fourth-order valence-electron chi connectivity index (χ4n) is 2.31. The second kappa shape index (κ2) is 7.18. The number of nitrogens with one attached hydrogen (secondary N) is 1. The molecular formula is C13H18ClFN2S2. The van der Waals surface area contributed by atoms with Crippen LogP contribution < -0.4 is 11.3 Å². The first-order chi connectivity index (χ1) is 9.13. The van der Waals surface area contributed by atoms with Crippen molar-refractivity contribution in [1.82, 2.24) is 5.43 Å². The predicted octanol–water partition coefficient (Wildman–Crippen LogP) is 3.09. The van der Waals surface area contributed by atoms with Gasteiger partial charge in [0, 0.05) is 38.6 Å². The summed E-state index contributed by atoms with van der Waals surface area (Å²) in [6.07, 6.45) is 0.518. The smallest absolute Gasteiger partial charge is 0.127 e. The van der Waals surface area contributed by atoms with Crippen molar-refractivity contribution in [3.8, 4) is 0 Å². The van der Waals surface area contributed by atoms with Gasteiger partial charge in [0.25, 0.3) is 0 Å². The normalized spacial score (nSPS) is 25.3. The molecule has 1 aliphatic rings. The van der Waals surface area contributed by atoms with Crippen LogP contribution >= 0.6 is 35.1 Å². The largest absolute Gasteiger partial charge is 0.271 e. The minimum absolute atomic E-state index is 0.0298. The fraction of sp³-hybridized carbons (Fsp3) is 0.538. The Kier molecular flexibility index (Phi) is 5.84. The first-order valence-electron chi connectivity index (χ1n) is 6.25. The van der Waals surface area contributed by atoms with Crippen molar-refractivity contribution in [3.05, 3.63) is 34.6 Å². The van der Waals surface area contributed by atoms with Crippen molar-refractivity contribution in [2.75, 3.05) is 11.5 Å². The molecule has 1 aromatic carbocycles. The van der Waals surface area contributed by atoms with E-state index in [2.05, 4.69) is 12.3 Å². The Morgan fingerprint density at radius 3 is 2.84 bits per heavy atom. The molecule has 106 valence electrons. The van der Waals surface area contributed by atoms with Crippen LogP contribution in [0.1, 0.15) is 12.5 Å². The van der Waals surface area contributed by atoms with Gasteiger partial charge in [0.15, 0.2) is 0 Å². The first kappa shape index (κ1) is 15.4. The molecule has 19 heavy (non-hydrogen) atoms. The van der Waals surface area contributed by atoms with E-state index in [4.69, 9.17) is 17.4 Å². The Labute approximate surface area is 127 Å². The lowest BCUT2D eigenvalue weighted by atomic mass is 10.0. The molecule has 3 atom stereocenters. The summed E-state index contributed by atoms with van der Waals surface area (Å²) in [5.41, 5.74) is 3.40. The van der Waals surface area contributed by atoms with Crippen LogP contribution in [0.2, 0.25) is 5.02 Å². The van der Waals surface area contributed by atoms with Gasteiger partial charge >= 0.3 is 0 Å². The van der Waals surface area contributed by atoms with Crippen molar-refractivity contribution in [2.45, 2.75) is 29.9 Å². The maximum Gasteiger partial charge on any atom is 0.127 e. The summed E-state index contributed by atoms with van der Waals surface area (Å²) in [6, 6.07) is 4.82. The molecule has 3 unspecified atom stereocenters. The zero-order chi connectivity index (χ0) is 13.8. The Bertz CT molecular complexity index is 413. The third-order valence-electron chi connectivity index (χ3n) is 3.33. The van der Waals surface area contributed by atoms with Crippen LogP contribution in [0.25, 0.3) is 0 Å². The van der Waals surface area contributed by atoms with E-state index in [1.54, 1.807) is 12.1 Å². The number of thioether (sulfide) groups is 2. The molecule has 2 rings (SSSR count). The monoisotopic (exact) mass is 320 g/mol. The highest BCUT2D eigenvalue weighted by molar-refractivity contribution is 8.07. The standard InChI is InChI=1S/C13H18ClFN2S2/c1-8-13(19-6-5-18-8)12(17-16)7-9-10(14)3-2-4-11(9)15/h2-4,8,12-13,17H,5-7,16H2,1H3. The molecule has 1 fully saturated rings. The van der Waals surface area contributed by atoms with Crippen LogP contribution in [-0.4, -0.2) is 28.0 Å². The van der Waals surface area contributed by atoms with E-state index in [1.165, 1.54) is 11.8 Å². The number of rotatable bonds is 4. The molecule has 3 N–H and O–H groups in total. The van der Waals surface area contributed by atoms with E-state index >= 15 is 0 Å². The number of nitrogens with two attached hydrogens (primary N) is 1. The minimum atomic E-state index is -0.256. The predicted molar refractivity (Wildman–Crippen MR) is 84.4 cm³/mol. The van der Waals surface area contributed by atoms with Crippen LogP contribution in [0, 0.1) is 5.82 Å². The summed E-state index contributed by atoms with van der Waals surface area (Å²) in [7, 11) is 0. The molecule has 2 nitrogen and oxygen atoms in total. The maximum atomic E-state index is 13.8. The first-order valence-corrected chi connectivity index (χ1v) is 8.73. The Hall–Kier alpha value is 0.0600. The maximum absolute atomic E-state index is 13.8. The van der Waals surface area contributed by atoms with Gasteiger partial charge < -0.3 is 0 Å². The van der Waals surface area contributed by atoms with Gasteiger partial charge in [-0.15, -0.1) is 0 Å². The van der Waals surface area contributed by atoms with Gasteiger partial charge in [-0.25, -0.2) is 4.39 Å². The van der Waals surface area contributed by atoms with Crippen molar-refractivity contribution in [2.24, 2.45) is 5.84 Å². The van der Waals surface area contributed by atoms with Crippen molar-refractivity contribution < 1.29 is 4.39 Å². The van der Waals surface area contributed by atoms with Crippen LogP contribution in [0.15, 0.2) is 18.2 Å². The number of hydrazine groups is 1. The van der Waals surface area contributed by atoms with Gasteiger partial charge in [-0.1, -0.05) is 24.6 Å². The minimum Gasteiger partial charge on any atom is -0.271 e. The van der Waals surface area contributed by atoms with Gasteiger partial charge in [0.1, 0.15) is 5.82 Å². The molecule has 1 aliphatic heterocycles. The van der Waals surface area contributed by atoms with Crippen molar-refractivity contribution >= 4 is 35.1 Å². The third-order valence-corrected chi connectivity index (χ3v) is 6.94. The van der Waals surface area contributed by atoms with Gasteiger partial charge in [0.2, 0.25) is 0 Å². The molecule has 0 bridgehead atoms. The molecule has 0 saturated carbocycles. The summed E-state index contributed by atoms with van der Waals surface area (Å²) in [5.74, 6) is 7.70. The van der Waals surface area contributed by atoms with E-state index in [9.17, 15) is 4.39 Å². The van der Waals surface area contributed by atoms with Crippen molar-refractivity contribution in [3.63, 3.8) is 0 Å². The highest BCUT2D eigenvalue weighted by Gasteiger charge is 2.30. The second-order valence-electron chi connectivity index (χ2n) is 4.59. The summed E-state index contributed by atoms with van der Waals surface area (Å²) < 4.78 is 13.8.